The molecule has 0 fully saturated rings. The number of amides is 3. The van der Waals surface area contributed by atoms with Gasteiger partial charge in [-0.25, -0.2) is 47.3 Å². The Kier molecular flexibility index (Phi) is 14.1. The van der Waals surface area contributed by atoms with Gasteiger partial charge in [0.1, 0.15) is 13.2 Å². The molecule has 0 atom stereocenters. The number of rotatable bonds is 14. The van der Waals surface area contributed by atoms with Gasteiger partial charge in [-0.05, 0) is 106 Å². The van der Waals surface area contributed by atoms with Crippen LogP contribution in [0.2, 0.25) is 0 Å². The van der Waals surface area contributed by atoms with Crippen LogP contribution in [0, 0.1) is 20.8 Å². The summed E-state index contributed by atoms with van der Waals surface area (Å²) in [6.07, 6.45) is -2.22. The Hall–Kier alpha value is -6.91. The second kappa shape index (κ2) is 18.9. The molecule has 1 heterocycles. The smallest absolute Gasteiger partial charge is 0.411 e. The third kappa shape index (κ3) is 10.6. The van der Waals surface area contributed by atoms with Gasteiger partial charge in [-0.1, -0.05) is 24.8 Å². The number of alkyl carbamates (subject to hydrolysis) is 2. The van der Waals surface area contributed by atoms with E-state index in [1.54, 1.807) is 65.0 Å². The number of benzene rings is 3. The average Bonchev–Trinajstić information content (AvgIpc) is 3.12. The van der Waals surface area contributed by atoms with Crippen molar-refractivity contribution in [1.29, 1.82) is 0 Å². The fraction of sp³-hybridized carbons (Fsp3) is 0.308. The minimum atomic E-state index is -1.02. The third-order valence-electron chi connectivity index (χ3n) is 7.95. The van der Waals surface area contributed by atoms with Gasteiger partial charge in [0.05, 0.1) is 30.3 Å². The van der Waals surface area contributed by atoms with Gasteiger partial charge in [0.25, 0.3) is 0 Å². The Balaban J connectivity index is 1.84. The molecule has 0 bridgehead atoms. The third-order valence-corrected chi connectivity index (χ3v) is 7.95. The highest BCUT2D eigenvalue weighted by Crippen LogP contribution is 2.20. The van der Waals surface area contributed by atoms with Crippen LogP contribution in [0.25, 0.3) is 17.1 Å². The summed E-state index contributed by atoms with van der Waals surface area (Å²) in [6, 6.07) is 14.1. The standard InChI is InChI=1S/C39H44N6O11/c1-8-53-34(47)40-21-27-14-24(5)16-30(18-27)44-37(50)43(29-11-10-26(7)32(20-29)42-36(49)54-9-2)38(51)45(39(44)52)31-17-25(6)15-28(19-31)22-41-35(48)56-13-12-55-33(46)23(3)4/h10-11,14-20H,3,8-9,12-13,21-22H2,1-2,4-7H3,(H,40,47)(H,41,48)(H,42,49). The van der Waals surface area contributed by atoms with E-state index >= 15 is 0 Å². The summed E-state index contributed by atoms with van der Waals surface area (Å²) in [7, 11) is 0. The number of hydrogen-bond acceptors (Lipinski definition) is 11. The molecule has 3 amide bonds. The predicted molar refractivity (Wildman–Crippen MR) is 206 cm³/mol. The van der Waals surface area contributed by atoms with Crippen molar-refractivity contribution < 1.29 is 38.1 Å². The minimum absolute atomic E-state index is 0.00720. The summed E-state index contributed by atoms with van der Waals surface area (Å²) in [5.74, 6) is -0.619. The molecule has 4 aromatic rings. The summed E-state index contributed by atoms with van der Waals surface area (Å²) in [4.78, 5) is 91.6. The second-order valence-corrected chi connectivity index (χ2v) is 12.5. The molecule has 0 aliphatic carbocycles. The first-order chi connectivity index (χ1) is 26.6. The van der Waals surface area contributed by atoms with Crippen LogP contribution in [0.4, 0.5) is 20.1 Å². The number of carbonyl (C=O) groups excluding carboxylic acids is 4. The molecule has 3 N–H and O–H groups in total. The lowest BCUT2D eigenvalue weighted by atomic mass is 10.1. The first-order valence-corrected chi connectivity index (χ1v) is 17.5. The van der Waals surface area contributed by atoms with E-state index in [4.69, 9.17) is 18.9 Å². The molecular formula is C39H44N6O11. The van der Waals surface area contributed by atoms with E-state index in [1.165, 1.54) is 31.2 Å². The van der Waals surface area contributed by atoms with Gasteiger partial charge in [0.2, 0.25) is 0 Å². The zero-order valence-corrected chi connectivity index (χ0v) is 32.0. The maximum absolute atomic E-state index is 14.5. The van der Waals surface area contributed by atoms with Crippen molar-refractivity contribution >= 4 is 29.9 Å². The van der Waals surface area contributed by atoms with Crippen molar-refractivity contribution in [3.05, 3.63) is 126 Å². The summed E-state index contributed by atoms with van der Waals surface area (Å²) in [5, 5.41) is 7.80. The van der Waals surface area contributed by atoms with Crippen LogP contribution in [0.5, 0.6) is 0 Å². The van der Waals surface area contributed by atoms with Crippen LogP contribution in [-0.2, 0) is 36.8 Å². The molecule has 0 saturated carbocycles. The molecule has 0 unspecified atom stereocenters. The Bertz CT molecular complexity index is 2340. The van der Waals surface area contributed by atoms with E-state index in [2.05, 4.69) is 22.5 Å². The molecule has 3 aromatic carbocycles. The molecule has 17 heteroatoms. The minimum Gasteiger partial charge on any atom is -0.459 e. The number of esters is 1. The maximum atomic E-state index is 14.5. The molecule has 0 aliphatic rings. The molecule has 0 spiro atoms. The van der Waals surface area contributed by atoms with Crippen molar-refractivity contribution in [1.82, 2.24) is 24.3 Å². The molecule has 1 aromatic heterocycles. The molecule has 0 radical (unpaired) electrons. The second-order valence-electron chi connectivity index (χ2n) is 12.5. The monoisotopic (exact) mass is 772 g/mol. The van der Waals surface area contributed by atoms with Crippen LogP contribution >= 0.6 is 0 Å². The summed E-state index contributed by atoms with van der Waals surface area (Å²) in [5.41, 5.74) is 0.480. The van der Waals surface area contributed by atoms with Gasteiger partial charge in [-0.3, -0.25) is 5.32 Å². The van der Waals surface area contributed by atoms with Gasteiger partial charge in [0, 0.05) is 24.4 Å². The van der Waals surface area contributed by atoms with Gasteiger partial charge >= 0.3 is 41.3 Å². The summed E-state index contributed by atoms with van der Waals surface area (Å²) in [6.45, 7) is 13.2. The first-order valence-electron chi connectivity index (χ1n) is 17.5. The highest BCUT2D eigenvalue weighted by molar-refractivity contribution is 5.87. The van der Waals surface area contributed by atoms with Crippen molar-refractivity contribution in [2.45, 2.75) is 54.6 Å². The predicted octanol–water partition coefficient (Wildman–Crippen LogP) is 4.22. The highest BCUT2D eigenvalue weighted by Gasteiger charge is 2.22. The number of hydrogen-bond donors (Lipinski definition) is 3. The van der Waals surface area contributed by atoms with Crippen LogP contribution in [0.1, 0.15) is 48.6 Å². The quantitative estimate of drug-likeness (QED) is 0.0716. The number of carbonyl (C=O) groups is 4. The van der Waals surface area contributed by atoms with Gasteiger partial charge < -0.3 is 29.6 Å². The lowest BCUT2D eigenvalue weighted by Crippen LogP contribution is -2.52. The van der Waals surface area contributed by atoms with Gasteiger partial charge in [-0.15, -0.1) is 0 Å². The van der Waals surface area contributed by atoms with Crippen LogP contribution in [0.3, 0.4) is 0 Å². The van der Waals surface area contributed by atoms with Crippen LogP contribution in [0.15, 0.2) is 81.1 Å². The van der Waals surface area contributed by atoms with Crippen molar-refractivity contribution in [2.75, 3.05) is 31.7 Å². The zero-order valence-electron chi connectivity index (χ0n) is 32.0. The van der Waals surface area contributed by atoms with Gasteiger partial charge in [0.15, 0.2) is 0 Å². The molecular weight excluding hydrogens is 728 g/mol. The number of nitrogens with zero attached hydrogens (tertiary/aromatic N) is 3. The highest BCUT2D eigenvalue weighted by atomic mass is 16.6. The largest absolute Gasteiger partial charge is 0.459 e. The molecule has 296 valence electrons. The Morgan fingerprint density at radius 2 is 1.07 bits per heavy atom. The van der Waals surface area contributed by atoms with E-state index in [-0.39, 0.29) is 67.8 Å². The Morgan fingerprint density at radius 3 is 1.57 bits per heavy atom. The van der Waals surface area contributed by atoms with E-state index in [1.807, 2.05) is 0 Å². The number of aryl methyl sites for hydroxylation is 3. The van der Waals surface area contributed by atoms with Crippen molar-refractivity contribution in [2.24, 2.45) is 0 Å². The fourth-order valence-electron chi connectivity index (χ4n) is 5.49. The van der Waals surface area contributed by atoms with E-state index in [0.717, 1.165) is 13.7 Å². The summed E-state index contributed by atoms with van der Waals surface area (Å²) >= 11 is 0. The van der Waals surface area contributed by atoms with Crippen molar-refractivity contribution in [3.63, 3.8) is 0 Å². The van der Waals surface area contributed by atoms with Crippen LogP contribution in [-0.4, -0.2) is 64.4 Å². The molecule has 4 rings (SSSR count). The molecule has 56 heavy (non-hydrogen) atoms. The molecule has 17 nitrogen and oxygen atoms in total. The number of nitrogens with one attached hydrogen (secondary N) is 3. The SMILES string of the molecule is C=C(C)C(=O)OCCOC(=O)NCc1cc(C)cc(-n2c(=O)n(-c3cc(C)cc(CNC(=O)OCC)c3)c(=O)n(-c3ccc(C)c(NC(=O)OCC)c3)c2=O)c1. The Labute approximate surface area is 321 Å². The van der Waals surface area contributed by atoms with Crippen molar-refractivity contribution in [3.8, 4) is 17.1 Å². The first kappa shape index (κ1) is 41.8. The normalized spacial score (nSPS) is 10.6. The maximum Gasteiger partial charge on any atom is 0.411 e. The number of ether oxygens (including phenoxy) is 4. The molecule has 0 aliphatic heterocycles. The van der Waals surface area contributed by atoms with E-state index in [9.17, 15) is 33.6 Å². The topological polar surface area (TPSA) is 207 Å². The van der Waals surface area contributed by atoms with E-state index < -0.39 is 41.3 Å². The number of anilines is 1. The number of aromatic nitrogens is 3. The lowest BCUT2D eigenvalue weighted by Gasteiger charge is -2.17. The fourth-order valence-corrected chi connectivity index (χ4v) is 5.49. The van der Waals surface area contributed by atoms with E-state index in [0.29, 0.717) is 27.8 Å². The Morgan fingerprint density at radius 1 is 0.607 bits per heavy atom. The molecule has 0 saturated heterocycles. The van der Waals surface area contributed by atoms with Crippen LogP contribution < -0.4 is 33.0 Å². The lowest BCUT2D eigenvalue weighted by molar-refractivity contribution is -0.139. The average molecular weight is 773 g/mol. The summed E-state index contributed by atoms with van der Waals surface area (Å²) < 4.78 is 22.4. The zero-order chi connectivity index (χ0) is 41.1. The van der Waals surface area contributed by atoms with Gasteiger partial charge in [-0.2, -0.15) is 0 Å².